The van der Waals surface area contributed by atoms with Crippen LogP contribution in [0.1, 0.15) is 187 Å². The molecular formula is C43H83NO10. The average molecular weight is 774 g/mol. The summed E-state index contributed by atoms with van der Waals surface area (Å²) >= 11 is 0. The second-order valence-corrected chi connectivity index (χ2v) is 15.8. The molecule has 0 aromatic carbocycles. The molecule has 1 amide bonds. The lowest BCUT2D eigenvalue weighted by molar-refractivity contribution is -0.303. The number of carbonyl (C=O) groups is 1. The molecule has 0 saturated carbocycles. The van der Waals surface area contributed by atoms with Gasteiger partial charge in [-0.15, -0.1) is 0 Å². The Bertz CT molecular complexity index is 892. The maximum absolute atomic E-state index is 13.0. The van der Waals surface area contributed by atoms with Crippen LogP contribution in [-0.2, 0) is 14.3 Å². The molecular weight excluding hydrogens is 690 g/mol. The van der Waals surface area contributed by atoms with Gasteiger partial charge in [-0.1, -0.05) is 161 Å². The molecule has 8 N–H and O–H groups in total. The van der Waals surface area contributed by atoms with Crippen molar-refractivity contribution in [3.8, 4) is 0 Å². The highest BCUT2D eigenvalue weighted by atomic mass is 16.7. The van der Waals surface area contributed by atoms with Crippen molar-refractivity contribution in [2.24, 2.45) is 0 Å². The first kappa shape index (κ1) is 50.9. The molecule has 1 aliphatic rings. The van der Waals surface area contributed by atoms with E-state index in [1.54, 1.807) is 0 Å². The van der Waals surface area contributed by atoms with Gasteiger partial charge in [0.2, 0.25) is 5.91 Å². The first-order valence-corrected chi connectivity index (χ1v) is 22.1. The minimum Gasteiger partial charge on any atom is -0.394 e. The third kappa shape index (κ3) is 23.8. The maximum Gasteiger partial charge on any atom is 0.249 e. The van der Waals surface area contributed by atoms with E-state index < -0.39 is 74.2 Å². The van der Waals surface area contributed by atoms with Gasteiger partial charge in [0, 0.05) is 0 Å². The van der Waals surface area contributed by atoms with E-state index in [4.69, 9.17) is 9.47 Å². The highest BCUT2D eigenvalue weighted by Crippen LogP contribution is 2.23. The summed E-state index contributed by atoms with van der Waals surface area (Å²) < 4.78 is 11.1. The Morgan fingerprint density at radius 3 is 1.56 bits per heavy atom. The van der Waals surface area contributed by atoms with Crippen LogP contribution in [0, 0.1) is 0 Å². The van der Waals surface area contributed by atoms with Crippen LogP contribution in [0.15, 0.2) is 12.2 Å². The zero-order valence-electron chi connectivity index (χ0n) is 34.2. The Balaban J connectivity index is 2.49. The SMILES string of the molecule is CCCCCCCC/C=C\CCCCCCCC[C@@H](O)[C@@H](O)[C@H](CO[C@@H]1OC(CO)[C@@H](O)C(O)C1O)NC(=O)[C@H](O)CCCCCCCCCCCCC. The lowest BCUT2D eigenvalue weighted by Crippen LogP contribution is -2.60. The molecule has 1 heterocycles. The van der Waals surface area contributed by atoms with Gasteiger partial charge in [-0.05, 0) is 38.5 Å². The molecule has 0 radical (unpaired) electrons. The summed E-state index contributed by atoms with van der Waals surface area (Å²) in [4.78, 5) is 13.0. The van der Waals surface area contributed by atoms with Gasteiger partial charge in [0.05, 0.1) is 25.4 Å². The molecule has 1 fully saturated rings. The summed E-state index contributed by atoms with van der Waals surface area (Å²) in [6.45, 7) is 3.41. The van der Waals surface area contributed by atoms with Gasteiger partial charge in [-0.25, -0.2) is 0 Å². The van der Waals surface area contributed by atoms with Gasteiger partial charge in [0.15, 0.2) is 6.29 Å². The van der Waals surface area contributed by atoms with E-state index in [1.165, 1.54) is 89.9 Å². The van der Waals surface area contributed by atoms with Crippen molar-refractivity contribution < 1.29 is 50.0 Å². The predicted octanol–water partition coefficient (Wildman–Crippen LogP) is 6.50. The van der Waals surface area contributed by atoms with Crippen molar-refractivity contribution >= 4 is 5.91 Å². The van der Waals surface area contributed by atoms with Crippen molar-refractivity contribution in [2.45, 2.75) is 242 Å². The second kappa shape index (κ2) is 33.9. The van der Waals surface area contributed by atoms with E-state index >= 15 is 0 Å². The van der Waals surface area contributed by atoms with E-state index in [0.29, 0.717) is 19.3 Å². The third-order valence-corrected chi connectivity index (χ3v) is 10.8. The third-order valence-electron chi connectivity index (χ3n) is 10.8. The highest BCUT2D eigenvalue weighted by Gasteiger charge is 2.44. The number of aliphatic hydroxyl groups is 7. The largest absolute Gasteiger partial charge is 0.394 e. The fraction of sp³-hybridized carbons (Fsp3) is 0.930. The van der Waals surface area contributed by atoms with Crippen LogP contribution in [0.25, 0.3) is 0 Å². The number of amides is 1. The predicted molar refractivity (Wildman–Crippen MR) is 215 cm³/mol. The van der Waals surface area contributed by atoms with E-state index in [2.05, 4.69) is 31.3 Å². The maximum atomic E-state index is 13.0. The standard InChI is InChI=1S/C43H83NO10/c1-3-5-7-9-11-13-15-16-17-18-19-21-22-24-26-28-30-35(46)38(48)34(33-53-43-41(51)40(50)39(49)37(32-45)54-43)44-42(52)36(47)31-29-27-25-23-20-14-12-10-8-6-4-2/h16-17,34-41,43,45-51H,3-15,18-33H2,1-2H3,(H,44,52)/b17-16-/t34-,35+,36+,37?,38-,39+,40?,41?,43+/m0/s1. The van der Waals surface area contributed by atoms with Gasteiger partial charge >= 0.3 is 0 Å². The molecule has 11 nitrogen and oxygen atoms in total. The van der Waals surface area contributed by atoms with Crippen LogP contribution in [0.2, 0.25) is 0 Å². The number of rotatable bonds is 36. The Hall–Kier alpha value is -1.15. The molecule has 1 rings (SSSR count). The smallest absolute Gasteiger partial charge is 0.249 e. The molecule has 0 aliphatic carbocycles. The van der Waals surface area contributed by atoms with Gasteiger partial charge < -0.3 is 50.5 Å². The lowest BCUT2D eigenvalue weighted by atomic mass is 9.98. The van der Waals surface area contributed by atoms with E-state index in [1.807, 2.05) is 0 Å². The number of hydrogen-bond donors (Lipinski definition) is 8. The first-order chi connectivity index (χ1) is 26.2. The van der Waals surface area contributed by atoms with Crippen molar-refractivity contribution in [1.29, 1.82) is 0 Å². The minimum absolute atomic E-state index is 0.261. The van der Waals surface area contributed by atoms with Crippen LogP contribution < -0.4 is 5.32 Å². The zero-order valence-corrected chi connectivity index (χ0v) is 34.2. The zero-order chi connectivity index (χ0) is 39.8. The summed E-state index contributed by atoms with van der Waals surface area (Å²) in [5.74, 6) is -0.701. The Morgan fingerprint density at radius 2 is 1.07 bits per heavy atom. The molecule has 0 aromatic heterocycles. The van der Waals surface area contributed by atoms with Gasteiger partial charge in [-0.2, -0.15) is 0 Å². The molecule has 1 saturated heterocycles. The molecule has 3 unspecified atom stereocenters. The summed E-state index contributed by atoms with van der Waals surface area (Å²) in [6.07, 6.45) is 22.6. The van der Waals surface area contributed by atoms with Crippen LogP contribution in [-0.4, -0.2) is 110 Å². The van der Waals surface area contributed by atoms with Gasteiger partial charge in [-0.3, -0.25) is 4.79 Å². The number of aliphatic hydroxyl groups excluding tert-OH is 7. The first-order valence-electron chi connectivity index (χ1n) is 22.1. The van der Waals surface area contributed by atoms with Crippen molar-refractivity contribution in [3.63, 3.8) is 0 Å². The topological polar surface area (TPSA) is 189 Å². The van der Waals surface area contributed by atoms with Gasteiger partial charge in [0.25, 0.3) is 0 Å². The lowest BCUT2D eigenvalue weighted by Gasteiger charge is -2.40. The number of ether oxygens (including phenoxy) is 2. The summed E-state index contributed by atoms with van der Waals surface area (Å²) in [5.41, 5.74) is 0. The Kier molecular flexibility index (Phi) is 32.0. The van der Waals surface area contributed by atoms with Crippen LogP contribution in [0.3, 0.4) is 0 Å². The molecule has 11 heteroatoms. The van der Waals surface area contributed by atoms with E-state index in [9.17, 15) is 40.5 Å². The fourth-order valence-corrected chi connectivity index (χ4v) is 7.08. The van der Waals surface area contributed by atoms with Crippen LogP contribution in [0.5, 0.6) is 0 Å². The van der Waals surface area contributed by atoms with E-state index in [0.717, 1.165) is 57.8 Å². The Morgan fingerprint density at radius 1 is 0.630 bits per heavy atom. The normalized spacial score (nSPS) is 22.7. The Labute approximate surface area is 328 Å². The van der Waals surface area contributed by atoms with Crippen molar-refractivity contribution in [3.05, 3.63) is 12.2 Å². The quantitative estimate of drug-likeness (QED) is 0.0258. The van der Waals surface area contributed by atoms with Crippen molar-refractivity contribution in [1.82, 2.24) is 5.32 Å². The highest BCUT2D eigenvalue weighted by molar-refractivity contribution is 5.80. The van der Waals surface area contributed by atoms with E-state index in [-0.39, 0.29) is 6.42 Å². The molecule has 320 valence electrons. The van der Waals surface area contributed by atoms with Gasteiger partial charge in [0.1, 0.15) is 36.6 Å². The monoisotopic (exact) mass is 774 g/mol. The number of hydrogen-bond acceptors (Lipinski definition) is 10. The number of nitrogens with one attached hydrogen (secondary N) is 1. The molecule has 54 heavy (non-hydrogen) atoms. The number of unbranched alkanes of at least 4 members (excludes halogenated alkanes) is 22. The molecule has 0 bridgehead atoms. The summed E-state index contributed by atoms with van der Waals surface area (Å²) in [5, 5.41) is 75.5. The average Bonchev–Trinajstić information content (AvgIpc) is 3.17. The number of allylic oxidation sites excluding steroid dienone is 2. The molecule has 9 atom stereocenters. The molecule has 0 aromatic rings. The van der Waals surface area contributed by atoms with Crippen molar-refractivity contribution in [2.75, 3.05) is 13.2 Å². The minimum atomic E-state index is -1.66. The summed E-state index contributed by atoms with van der Waals surface area (Å²) in [7, 11) is 0. The van der Waals surface area contributed by atoms with Crippen LogP contribution >= 0.6 is 0 Å². The molecule has 0 spiro atoms. The summed E-state index contributed by atoms with van der Waals surface area (Å²) in [6, 6.07) is -1.17. The fourth-order valence-electron chi connectivity index (χ4n) is 7.08. The molecule has 1 aliphatic heterocycles. The number of carbonyl (C=O) groups excluding carboxylic acids is 1. The van der Waals surface area contributed by atoms with Crippen LogP contribution in [0.4, 0.5) is 0 Å². The second-order valence-electron chi connectivity index (χ2n) is 15.8.